The first-order chi connectivity index (χ1) is 8.11. The summed E-state index contributed by atoms with van der Waals surface area (Å²) in [7, 11) is 0. The molecule has 1 N–H and O–H groups in total. The highest BCUT2D eigenvalue weighted by Gasteiger charge is 2.51. The average molecular weight is 251 g/mol. The van der Waals surface area contributed by atoms with Gasteiger partial charge in [-0.25, -0.2) is 0 Å². The fourth-order valence-electron chi connectivity index (χ4n) is 2.05. The van der Waals surface area contributed by atoms with Gasteiger partial charge in [0.2, 0.25) is 5.91 Å². The quantitative estimate of drug-likeness (QED) is 0.338. The summed E-state index contributed by atoms with van der Waals surface area (Å²) in [5.74, 6) is -1.33. The predicted octanol–water partition coefficient (Wildman–Crippen LogP) is 0.346. The summed E-state index contributed by atoms with van der Waals surface area (Å²) in [6, 6.07) is 5.58. The van der Waals surface area contributed by atoms with E-state index < -0.39 is 29.3 Å². The Hall–Kier alpha value is -1.88. The Morgan fingerprint density at radius 1 is 1.06 bits per heavy atom. The standard InChI is InChI=1S/C11H7ClN2O3/c12-8-7(9(15)13-8)14-10(16)5-3-1-2-4-6(5)11(14)17/h1-4,7-8H,(H,13,15). The highest BCUT2D eigenvalue weighted by molar-refractivity contribution is 6.29. The lowest BCUT2D eigenvalue weighted by Gasteiger charge is -2.37. The first-order valence-corrected chi connectivity index (χ1v) is 5.46. The smallest absolute Gasteiger partial charge is 0.262 e. The SMILES string of the molecule is O=C1NC(Cl)C1N1C(=O)c2ccccc2C1=O. The predicted molar refractivity (Wildman–Crippen MR) is 58.5 cm³/mol. The summed E-state index contributed by atoms with van der Waals surface area (Å²) in [5, 5.41) is 2.38. The van der Waals surface area contributed by atoms with Gasteiger partial charge in [0.1, 0.15) is 5.50 Å². The van der Waals surface area contributed by atoms with Crippen molar-refractivity contribution in [3.8, 4) is 0 Å². The van der Waals surface area contributed by atoms with Gasteiger partial charge >= 0.3 is 0 Å². The first kappa shape index (κ1) is 10.3. The van der Waals surface area contributed by atoms with E-state index in [-0.39, 0.29) is 0 Å². The molecule has 2 aliphatic heterocycles. The van der Waals surface area contributed by atoms with E-state index in [0.717, 1.165) is 4.90 Å². The van der Waals surface area contributed by atoms with E-state index in [1.54, 1.807) is 24.3 Å². The van der Waals surface area contributed by atoms with Crippen LogP contribution in [0.4, 0.5) is 0 Å². The zero-order chi connectivity index (χ0) is 12.2. The molecule has 0 spiro atoms. The number of carbonyl (C=O) groups excluding carboxylic acids is 3. The number of nitrogens with zero attached hydrogens (tertiary/aromatic N) is 1. The van der Waals surface area contributed by atoms with Gasteiger partial charge in [-0.05, 0) is 12.1 Å². The second kappa shape index (κ2) is 3.30. The Balaban J connectivity index is 2.04. The second-order valence-electron chi connectivity index (χ2n) is 3.88. The maximum absolute atomic E-state index is 12.0. The second-order valence-corrected chi connectivity index (χ2v) is 4.35. The Kier molecular flexibility index (Phi) is 2.00. The third-order valence-electron chi connectivity index (χ3n) is 2.93. The number of β-lactam (4-membered cyclic amide) rings is 1. The van der Waals surface area contributed by atoms with Crippen LogP contribution in [0.3, 0.4) is 0 Å². The van der Waals surface area contributed by atoms with Crippen LogP contribution >= 0.6 is 11.6 Å². The molecule has 1 fully saturated rings. The molecule has 3 amide bonds. The van der Waals surface area contributed by atoms with Gasteiger partial charge in [-0.3, -0.25) is 19.3 Å². The molecule has 0 saturated carbocycles. The lowest BCUT2D eigenvalue weighted by Crippen LogP contribution is -2.67. The van der Waals surface area contributed by atoms with Crippen LogP contribution in [-0.2, 0) is 4.79 Å². The summed E-state index contributed by atoms with van der Waals surface area (Å²) in [4.78, 5) is 36.3. The van der Waals surface area contributed by atoms with E-state index in [9.17, 15) is 14.4 Å². The van der Waals surface area contributed by atoms with Crippen molar-refractivity contribution in [3.63, 3.8) is 0 Å². The third-order valence-corrected chi connectivity index (χ3v) is 3.28. The van der Waals surface area contributed by atoms with Crippen molar-refractivity contribution >= 4 is 29.3 Å². The minimum absolute atomic E-state index is 0.320. The number of alkyl halides is 1. The number of rotatable bonds is 1. The number of hydrogen-bond donors (Lipinski definition) is 1. The minimum Gasteiger partial charge on any atom is -0.336 e. The van der Waals surface area contributed by atoms with Crippen LogP contribution in [-0.4, -0.2) is 34.2 Å². The van der Waals surface area contributed by atoms with Crippen molar-refractivity contribution in [2.45, 2.75) is 11.5 Å². The fourth-order valence-corrected chi connectivity index (χ4v) is 2.38. The van der Waals surface area contributed by atoms with Crippen molar-refractivity contribution in [2.24, 2.45) is 0 Å². The van der Waals surface area contributed by atoms with Crippen molar-refractivity contribution in [2.75, 3.05) is 0 Å². The summed E-state index contributed by atoms with van der Waals surface area (Å²) in [5.41, 5.74) is -0.0631. The fraction of sp³-hybridized carbons (Fsp3) is 0.182. The molecule has 0 aliphatic carbocycles. The van der Waals surface area contributed by atoms with Gasteiger partial charge in [-0.2, -0.15) is 0 Å². The molecule has 1 aromatic rings. The monoisotopic (exact) mass is 250 g/mol. The molecule has 2 heterocycles. The summed E-state index contributed by atoms with van der Waals surface area (Å²) >= 11 is 5.79. The van der Waals surface area contributed by atoms with Gasteiger partial charge in [0.25, 0.3) is 11.8 Å². The molecule has 0 aromatic heterocycles. The van der Waals surface area contributed by atoms with Crippen molar-refractivity contribution < 1.29 is 14.4 Å². The summed E-state index contributed by atoms with van der Waals surface area (Å²) in [6.07, 6.45) is 0. The molecule has 17 heavy (non-hydrogen) atoms. The zero-order valence-corrected chi connectivity index (χ0v) is 9.27. The Morgan fingerprint density at radius 2 is 1.59 bits per heavy atom. The molecule has 1 aromatic carbocycles. The highest BCUT2D eigenvalue weighted by atomic mass is 35.5. The Bertz CT molecular complexity index is 522. The lowest BCUT2D eigenvalue weighted by atomic mass is 10.1. The molecule has 2 atom stereocenters. The van der Waals surface area contributed by atoms with Crippen LogP contribution in [0.2, 0.25) is 0 Å². The topological polar surface area (TPSA) is 66.5 Å². The lowest BCUT2D eigenvalue weighted by molar-refractivity contribution is -0.132. The van der Waals surface area contributed by atoms with Crippen molar-refractivity contribution in [1.82, 2.24) is 10.2 Å². The van der Waals surface area contributed by atoms with E-state index in [0.29, 0.717) is 11.1 Å². The molecule has 2 aliphatic rings. The first-order valence-electron chi connectivity index (χ1n) is 5.02. The van der Waals surface area contributed by atoms with E-state index in [2.05, 4.69) is 5.32 Å². The summed E-state index contributed by atoms with van der Waals surface area (Å²) < 4.78 is 0. The molecule has 1 saturated heterocycles. The molecule has 86 valence electrons. The van der Waals surface area contributed by atoms with E-state index >= 15 is 0 Å². The van der Waals surface area contributed by atoms with Gasteiger partial charge < -0.3 is 5.32 Å². The molecule has 5 nitrogen and oxygen atoms in total. The van der Waals surface area contributed by atoms with Crippen LogP contribution in [0.1, 0.15) is 20.7 Å². The normalized spacial score (nSPS) is 26.6. The number of carbonyl (C=O) groups is 3. The van der Waals surface area contributed by atoms with E-state index in [1.807, 2.05) is 0 Å². The maximum Gasteiger partial charge on any atom is 0.262 e. The average Bonchev–Trinajstić information content (AvgIpc) is 2.55. The van der Waals surface area contributed by atoms with Gasteiger partial charge in [0.05, 0.1) is 11.1 Å². The van der Waals surface area contributed by atoms with Crippen molar-refractivity contribution in [3.05, 3.63) is 35.4 Å². The molecular weight excluding hydrogens is 244 g/mol. The van der Waals surface area contributed by atoms with Crippen LogP contribution in [0.25, 0.3) is 0 Å². The zero-order valence-electron chi connectivity index (χ0n) is 8.51. The van der Waals surface area contributed by atoms with Gasteiger partial charge in [-0.1, -0.05) is 23.7 Å². The van der Waals surface area contributed by atoms with Crippen molar-refractivity contribution in [1.29, 1.82) is 0 Å². The molecule has 2 unspecified atom stereocenters. The molecular formula is C11H7ClN2O3. The number of nitrogens with one attached hydrogen (secondary N) is 1. The molecule has 3 rings (SSSR count). The molecule has 0 radical (unpaired) electrons. The minimum atomic E-state index is -0.899. The van der Waals surface area contributed by atoms with Crippen LogP contribution in [0.15, 0.2) is 24.3 Å². The van der Waals surface area contributed by atoms with Gasteiger partial charge in [0, 0.05) is 0 Å². The number of amides is 3. The highest BCUT2D eigenvalue weighted by Crippen LogP contribution is 2.29. The molecule has 6 heteroatoms. The Morgan fingerprint density at radius 3 is 2.00 bits per heavy atom. The number of hydrogen-bond acceptors (Lipinski definition) is 3. The third kappa shape index (κ3) is 1.23. The number of imide groups is 1. The maximum atomic E-state index is 12.0. The number of fused-ring (bicyclic) bond motifs is 1. The van der Waals surface area contributed by atoms with Crippen LogP contribution in [0, 0.1) is 0 Å². The van der Waals surface area contributed by atoms with Gasteiger partial charge in [0.15, 0.2) is 6.04 Å². The van der Waals surface area contributed by atoms with E-state index in [1.165, 1.54) is 0 Å². The Labute approximate surface area is 101 Å². The summed E-state index contributed by atoms with van der Waals surface area (Å²) in [6.45, 7) is 0. The van der Waals surface area contributed by atoms with Gasteiger partial charge in [-0.15, -0.1) is 0 Å². The van der Waals surface area contributed by atoms with Crippen LogP contribution < -0.4 is 5.32 Å². The number of benzene rings is 1. The van der Waals surface area contributed by atoms with Crippen LogP contribution in [0.5, 0.6) is 0 Å². The molecule has 0 bridgehead atoms. The largest absolute Gasteiger partial charge is 0.336 e. The number of halogens is 1. The van der Waals surface area contributed by atoms with E-state index in [4.69, 9.17) is 11.6 Å².